The van der Waals surface area contributed by atoms with Crippen LogP contribution in [0.2, 0.25) is 0 Å². The molecule has 24 heavy (non-hydrogen) atoms. The number of carbonyl (C=O) groups excluding carboxylic acids is 1. The van der Waals surface area contributed by atoms with Crippen LogP contribution in [0.4, 0.5) is 10.1 Å². The van der Waals surface area contributed by atoms with Crippen LogP contribution in [0.15, 0.2) is 54.9 Å². The van der Waals surface area contributed by atoms with Crippen LogP contribution in [-0.2, 0) is 4.79 Å². The van der Waals surface area contributed by atoms with Crippen LogP contribution in [0.5, 0.6) is 5.75 Å². The summed E-state index contributed by atoms with van der Waals surface area (Å²) < 4.78 is 20.0. The molecule has 0 unspecified atom stereocenters. The second-order valence-corrected chi connectivity index (χ2v) is 5.01. The number of anilines is 1. The molecule has 7 nitrogen and oxygen atoms in total. The third-order valence-corrected chi connectivity index (χ3v) is 3.23. The van der Waals surface area contributed by atoms with E-state index in [4.69, 9.17) is 4.74 Å². The number of carbonyl (C=O) groups is 1. The van der Waals surface area contributed by atoms with Crippen molar-refractivity contribution in [2.24, 2.45) is 0 Å². The molecule has 2 aromatic carbocycles. The fourth-order valence-electron chi connectivity index (χ4n) is 2.01. The minimum Gasteiger partial charge on any atom is -0.481 e. The van der Waals surface area contributed by atoms with Crippen molar-refractivity contribution in [1.82, 2.24) is 20.2 Å². The third kappa shape index (κ3) is 3.72. The van der Waals surface area contributed by atoms with Crippen LogP contribution in [0.25, 0.3) is 5.69 Å². The van der Waals surface area contributed by atoms with Gasteiger partial charge in [0.1, 0.15) is 17.9 Å². The van der Waals surface area contributed by atoms with E-state index < -0.39 is 6.10 Å². The quantitative estimate of drug-likeness (QED) is 0.777. The molecule has 0 saturated heterocycles. The van der Waals surface area contributed by atoms with Crippen molar-refractivity contribution in [2.75, 3.05) is 5.32 Å². The van der Waals surface area contributed by atoms with Gasteiger partial charge in [-0.1, -0.05) is 6.07 Å². The zero-order valence-electron chi connectivity index (χ0n) is 12.8. The van der Waals surface area contributed by atoms with Gasteiger partial charge in [0.05, 0.1) is 5.69 Å². The lowest BCUT2D eigenvalue weighted by atomic mass is 10.2. The number of hydrogen-bond acceptors (Lipinski definition) is 5. The first-order chi connectivity index (χ1) is 11.6. The maximum atomic E-state index is 12.9. The summed E-state index contributed by atoms with van der Waals surface area (Å²) in [6.45, 7) is 1.63. The van der Waals surface area contributed by atoms with Crippen molar-refractivity contribution in [3.05, 3.63) is 60.7 Å². The van der Waals surface area contributed by atoms with Crippen LogP contribution in [0.1, 0.15) is 6.92 Å². The zero-order chi connectivity index (χ0) is 16.9. The van der Waals surface area contributed by atoms with Gasteiger partial charge in [-0.3, -0.25) is 4.79 Å². The molecule has 0 radical (unpaired) electrons. The topological polar surface area (TPSA) is 81.9 Å². The van der Waals surface area contributed by atoms with Gasteiger partial charge >= 0.3 is 0 Å². The molecule has 0 spiro atoms. The average Bonchev–Trinajstić information content (AvgIpc) is 3.12. The molecule has 0 fully saturated rings. The van der Waals surface area contributed by atoms with Crippen LogP contribution < -0.4 is 10.1 Å². The maximum absolute atomic E-state index is 12.9. The second-order valence-electron chi connectivity index (χ2n) is 5.01. The highest BCUT2D eigenvalue weighted by atomic mass is 19.1. The van der Waals surface area contributed by atoms with Gasteiger partial charge in [0.15, 0.2) is 6.10 Å². The summed E-state index contributed by atoms with van der Waals surface area (Å²) in [5.74, 6) is -0.198. The number of halogens is 1. The number of ether oxygens (including phenoxy) is 1. The lowest BCUT2D eigenvalue weighted by Gasteiger charge is -2.15. The molecule has 0 aliphatic rings. The Kier molecular flexibility index (Phi) is 4.46. The van der Waals surface area contributed by atoms with Gasteiger partial charge in [-0.25, -0.2) is 9.07 Å². The molecule has 122 valence electrons. The smallest absolute Gasteiger partial charge is 0.265 e. The van der Waals surface area contributed by atoms with Crippen molar-refractivity contribution in [2.45, 2.75) is 13.0 Å². The molecule has 1 aromatic heterocycles. The van der Waals surface area contributed by atoms with Crippen LogP contribution in [0, 0.1) is 5.82 Å². The van der Waals surface area contributed by atoms with E-state index >= 15 is 0 Å². The largest absolute Gasteiger partial charge is 0.481 e. The van der Waals surface area contributed by atoms with Crippen molar-refractivity contribution >= 4 is 11.6 Å². The molecule has 1 atom stereocenters. The first-order valence-electron chi connectivity index (χ1n) is 7.18. The van der Waals surface area contributed by atoms with Gasteiger partial charge in [0.25, 0.3) is 5.91 Å². The number of nitrogens with zero attached hydrogens (tertiary/aromatic N) is 4. The minimum absolute atomic E-state index is 0.338. The highest BCUT2D eigenvalue weighted by molar-refractivity contribution is 5.94. The summed E-state index contributed by atoms with van der Waals surface area (Å²) in [5.41, 5.74) is 1.21. The van der Waals surface area contributed by atoms with Gasteiger partial charge in [-0.15, -0.1) is 5.10 Å². The van der Waals surface area contributed by atoms with Gasteiger partial charge in [-0.2, -0.15) is 0 Å². The van der Waals surface area contributed by atoms with Gasteiger partial charge in [0.2, 0.25) is 0 Å². The monoisotopic (exact) mass is 327 g/mol. The first-order valence-corrected chi connectivity index (χ1v) is 7.18. The van der Waals surface area contributed by atoms with E-state index in [2.05, 4.69) is 20.8 Å². The lowest BCUT2D eigenvalue weighted by molar-refractivity contribution is -0.122. The van der Waals surface area contributed by atoms with E-state index in [-0.39, 0.29) is 11.7 Å². The summed E-state index contributed by atoms with van der Waals surface area (Å²) in [6, 6.07) is 12.6. The second kappa shape index (κ2) is 6.86. The first kappa shape index (κ1) is 15.6. The number of tetrazole rings is 1. The normalized spacial score (nSPS) is 11.8. The van der Waals surface area contributed by atoms with Crippen LogP contribution in [-0.4, -0.2) is 32.2 Å². The van der Waals surface area contributed by atoms with Crippen molar-refractivity contribution in [1.29, 1.82) is 0 Å². The van der Waals surface area contributed by atoms with Crippen LogP contribution >= 0.6 is 0 Å². The molecule has 3 rings (SSSR count). The van der Waals surface area contributed by atoms with Crippen LogP contribution in [0.3, 0.4) is 0 Å². The number of benzene rings is 2. The summed E-state index contributed by atoms with van der Waals surface area (Å²) in [5, 5.41) is 13.6. The van der Waals surface area contributed by atoms with E-state index in [1.807, 2.05) is 6.07 Å². The Balaban J connectivity index is 1.65. The molecule has 3 aromatic rings. The summed E-state index contributed by atoms with van der Waals surface area (Å²) in [7, 11) is 0. The van der Waals surface area contributed by atoms with Crippen molar-refractivity contribution in [3.63, 3.8) is 0 Å². The average molecular weight is 327 g/mol. The number of amides is 1. The standard InChI is InChI=1S/C16H14FN5O2/c1-11(16(23)19-13-7-5-12(17)6-8-13)24-15-4-2-3-14(9-15)22-10-18-20-21-22/h2-11H,1H3,(H,19,23)/t11-/m1/s1. The third-order valence-electron chi connectivity index (χ3n) is 3.23. The molecular formula is C16H14FN5O2. The van der Waals surface area contributed by atoms with E-state index in [9.17, 15) is 9.18 Å². The Bertz CT molecular complexity index is 821. The Hall–Kier alpha value is -3.29. The molecule has 8 heteroatoms. The molecular weight excluding hydrogens is 313 g/mol. The summed E-state index contributed by atoms with van der Waals surface area (Å²) in [6.07, 6.45) is 0.725. The molecule has 0 saturated carbocycles. The Labute approximate surface area is 137 Å². The predicted molar refractivity (Wildman–Crippen MR) is 84.3 cm³/mol. The number of aromatic nitrogens is 4. The number of hydrogen-bond donors (Lipinski definition) is 1. The lowest BCUT2D eigenvalue weighted by Crippen LogP contribution is -2.30. The maximum Gasteiger partial charge on any atom is 0.265 e. The molecule has 0 aliphatic heterocycles. The van der Waals surface area contributed by atoms with E-state index in [0.717, 1.165) is 0 Å². The van der Waals surface area contributed by atoms with E-state index in [1.54, 1.807) is 25.1 Å². The van der Waals surface area contributed by atoms with E-state index in [1.165, 1.54) is 35.3 Å². The number of rotatable bonds is 5. The van der Waals surface area contributed by atoms with Gasteiger partial charge in [-0.05, 0) is 53.7 Å². The summed E-state index contributed by atoms with van der Waals surface area (Å²) in [4.78, 5) is 12.1. The number of nitrogens with one attached hydrogen (secondary N) is 1. The fraction of sp³-hybridized carbons (Fsp3) is 0.125. The van der Waals surface area contributed by atoms with E-state index in [0.29, 0.717) is 17.1 Å². The highest BCUT2D eigenvalue weighted by Gasteiger charge is 2.15. The SMILES string of the molecule is C[C@@H](Oc1cccc(-n2cnnn2)c1)C(=O)Nc1ccc(F)cc1. The van der Waals surface area contributed by atoms with Crippen molar-refractivity contribution in [3.8, 4) is 11.4 Å². The van der Waals surface area contributed by atoms with Crippen molar-refractivity contribution < 1.29 is 13.9 Å². The Morgan fingerprint density at radius 3 is 2.75 bits per heavy atom. The van der Waals surface area contributed by atoms with Gasteiger partial charge in [0, 0.05) is 11.8 Å². The molecule has 1 N–H and O–H groups in total. The zero-order valence-corrected chi connectivity index (χ0v) is 12.8. The highest BCUT2D eigenvalue weighted by Crippen LogP contribution is 2.18. The minimum atomic E-state index is -0.737. The van der Waals surface area contributed by atoms with Gasteiger partial charge < -0.3 is 10.1 Å². The molecule has 1 heterocycles. The predicted octanol–water partition coefficient (Wildman–Crippen LogP) is 2.21. The molecule has 1 amide bonds. The fourth-order valence-corrected chi connectivity index (χ4v) is 2.01. The molecule has 0 bridgehead atoms. The Morgan fingerprint density at radius 2 is 2.04 bits per heavy atom. The molecule has 0 aliphatic carbocycles. The Morgan fingerprint density at radius 1 is 1.25 bits per heavy atom. The summed E-state index contributed by atoms with van der Waals surface area (Å²) >= 11 is 0.